The minimum Gasteiger partial charge on any atom is -0.450 e. The van der Waals surface area contributed by atoms with Crippen molar-refractivity contribution in [3.05, 3.63) is 24.0 Å². The fourth-order valence-corrected chi connectivity index (χ4v) is 3.75. The fraction of sp³-hybridized carbons (Fsp3) is 0.650. The Hall–Kier alpha value is -2.31. The van der Waals surface area contributed by atoms with Crippen molar-refractivity contribution < 1.29 is 14.3 Å². The number of likely N-dealkylation sites (tertiary alicyclic amines) is 1. The van der Waals surface area contributed by atoms with Crippen LogP contribution in [0.3, 0.4) is 0 Å². The maximum absolute atomic E-state index is 12.6. The van der Waals surface area contributed by atoms with Gasteiger partial charge in [0.1, 0.15) is 5.69 Å². The number of nitrogens with one attached hydrogen (secondary N) is 1. The molecular weight excluding hydrogens is 344 g/mol. The van der Waals surface area contributed by atoms with E-state index in [-0.39, 0.29) is 18.0 Å². The molecule has 0 aliphatic carbocycles. The maximum atomic E-state index is 12.6. The molecule has 2 saturated heterocycles. The van der Waals surface area contributed by atoms with Gasteiger partial charge in [-0.05, 0) is 44.7 Å². The SMILES string of the molecule is CCOC(=O)N1CCC(NC(=O)c2cc(N3CCCCCC3)ccn2)CC1. The lowest BCUT2D eigenvalue weighted by Gasteiger charge is -2.31. The second kappa shape index (κ2) is 9.58. The van der Waals surface area contributed by atoms with Gasteiger partial charge in [-0.2, -0.15) is 0 Å². The van der Waals surface area contributed by atoms with E-state index in [1.807, 2.05) is 12.1 Å². The monoisotopic (exact) mass is 374 g/mol. The van der Waals surface area contributed by atoms with Gasteiger partial charge in [-0.15, -0.1) is 0 Å². The summed E-state index contributed by atoms with van der Waals surface area (Å²) in [6.45, 7) is 5.47. The molecule has 2 amide bonds. The van der Waals surface area contributed by atoms with Gasteiger partial charge in [-0.25, -0.2) is 4.79 Å². The van der Waals surface area contributed by atoms with Gasteiger partial charge in [-0.3, -0.25) is 9.78 Å². The normalized spacial score (nSPS) is 18.7. The molecule has 0 saturated carbocycles. The number of pyridine rings is 1. The summed E-state index contributed by atoms with van der Waals surface area (Å²) in [5.41, 5.74) is 1.54. The molecule has 2 aliphatic rings. The summed E-state index contributed by atoms with van der Waals surface area (Å²) >= 11 is 0. The van der Waals surface area contributed by atoms with Crippen LogP contribution < -0.4 is 10.2 Å². The zero-order valence-corrected chi connectivity index (χ0v) is 16.2. The Labute approximate surface area is 161 Å². The standard InChI is InChI=1S/C20H30N4O3/c1-2-27-20(26)24-13-8-16(9-14-24)22-19(25)18-15-17(7-10-21-18)23-11-5-3-4-6-12-23/h7,10,15-16H,2-6,8-9,11-14H2,1H3,(H,22,25). The molecule has 0 unspecified atom stereocenters. The predicted octanol–water partition coefficient (Wildman–Crippen LogP) is 2.81. The number of aromatic nitrogens is 1. The van der Waals surface area contributed by atoms with Crippen molar-refractivity contribution in [1.29, 1.82) is 0 Å². The average Bonchev–Trinajstić information content (AvgIpc) is 2.98. The van der Waals surface area contributed by atoms with Crippen molar-refractivity contribution in [3.63, 3.8) is 0 Å². The van der Waals surface area contributed by atoms with Crippen LogP contribution in [0.4, 0.5) is 10.5 Å². The van der Waals surface area contributed by atoms with E-state index in [1.165, 1.54) is 25.7 Å². The molecule has 0 atom stereocenters. The minimum atomic E-state index is -0.269. The Kier molecular flexibility index (Phi) is 6.90. The van der Waals surface area contributed by atoms with Gasteiger partial charge >= 0.3 is 6.09 Å². The molecule has 1 aromatic heterocycles. The van der Waals surface area contributed by atoms with Crippen LogP contribution in [0.2, 0.25) is 0 Å². The lowest BCUT2D eigenvalue weighted by Crippen LogP contribution is -2.46. The number of nitrogens with zero attached hydrogens (tertiary/aromatic N) is 3. The Morgan fingerprint density at radius 3 is 2.52 bits per heavy atom. The van der Waals surface area contributed by atoms with Crippen LogP contribution >= 0.6 is 0 Å². The van der Waals surface area contributed by atoms with E-state index in [2.05, 4.69) is 15.2 Å². The van der Waals surface area contributed by atoms with E-state index in [0.717, 1.165) is 31.6 Å². The number of carbonyl (C=O) groups is 2. The third-order valence-corrected chi connectivity index (χ3v) is 5.30. The van der Waals surface area contributed by atoms with E-state index in [0.29, 0.717) is 25.4 Å². The summed E-state index contributed by atoms with van der Waals surface area (Å²) in [4.78, 5) is 32.7. The van der Waals surface area contributed by atoms with E-state index < -0.39 is 0 Å². The van der Waals surface area contributed by atoms with Crippen LogP contribution in [0, 0.1) is 0 Å². The Bertz CT molecular complexity index is 636. The molecule has 3 rings (SSSR count). The number of hydrogen-bond acceptors (Lipinski definition) is 5. The van der Waals surface area contributed by atoms with E-state index in [9.17, 15) is 9.59 Å². The zero-order valence-electron chi connectivity index (χ0n) is 16.2. The van der Waals surface area contributed by atoms with Crippen LogP contribution in [0.5, 0.6) is 0 Å². The molecular formula is C20H30N4O3. The highest BCUT2D eigenvalue weighted by Crippen LogP contribution is 2.20. The van der Waals surface area contributed by atoms with Crippen LogP contribution in [-0.4, -0.2) is 60.7 Å². The molecule has 0 spiro atoms. The number of anilines is 1. The van der Waals surface area contributed by atoms with Crippen molar-refractivity contribution in [1.82, 2.24) is 15.2 Å². The van der Waals surface area contributed by atoms with Crippen molar-refractivity contribution in [2.45, 2.75) is 51.5 Å². The molecule has 0 bridgehead atoms. The predicted molar refractivity (Wildman–Crippen MR) is 104 cm³/mol. The van der Waals surface area contributed by atoms with Gasteiger partial charge in [0.15, 0.2) is 0 Å². The molecule has 7 heteroatoms. The molecule has 1 N–H and O–H groups in total. The number of carbonyl (C=O) groups excluding carboxylic acids is 2. The highest BCUT2D eigenvalue weighted by molar-refractivity contribution is 5.93. The average molecular weight is 374 g/mol. The van der Waals surface area contributed by atoms with Crippen molar-refractivity contribution in [3.8, 4) is 0 Å². The maximum Gasteiger partial charge on any atom is 0.409 e. The summed E-state index contributed by atoms with van der Waals surface area (Å²) in [6, 6.07) is 3.95. The number of piperidine rings is 1. The lowest BCUT2D eigenvalue weighted by molar-refractivity contribution is 0.0856. The molecule has 1 aromatic rings. The number of rotatable bonds is 4. The van der Waals surface area contributed by atoms with Crippen LogP contribution in [0.1, 0.15) is 55.9 Å². The van der Waals surface area contributed by atoms with Gasteiger partial charge in [0, 0.05) is 44.1 Å². The van der Waals surface area contributed by atoms with E-state index in [4.69, 9.17) is 4.74 Å². The van der Waals surface area contributed by atoms with Crippen molar-refractivity contribution >= 4 is 17.7 Å². The first kappa shape index (κ1) is 19.5. The molecule has 0 radical (unpaired) electrons. The molecule has 148 valence electrons. The van der Waals surface area contributed by atoms with Gasteiger partial charge in [-0.1, -0.05) is 12.8 Å². The highest BCUT2D eigenvalue weighted by Gasteiger charge is 2.25. The third kappa shape index (κ3) is 5.34. The Morgan fingerprint density at radius 1 is 1.15 bits per heavy atom. The number of amides is 2. The second-order valence-electron chi connectivity index (χ2n) is 7.23. The number of hydrogen-bond donors (Lipinski definition) is 1. The van der Waals surface area contributed by atoms with Gasteiger partial charge in [0.05, 0.1) is 6.61 Å². The van der Waals surface area contributed by atoms with Crippen molar-refractivity contribution in [2.75, 3.05) is 37.7 Å². The van der Waals surface area contributed by atoms with Crippen molar-refractivity contribution in [2.24, 2.45) is 0 Å². The Morgan fingerprint density at radius 2 is 1.85 bits per heavy atom. The highest BCUT2D eigenvalue weighted by atomic mass is 16.6. The quantitative estimate of drug-likeness (QED) is 0.877. The first-order valence-corrected chi connectivity index (χ1v) is 10.1. The zero-order chi connectivity index (χ0) is 19.1. The van der Waals surface area contributed by atoms with Crippen LogP contribution in [0.15, 0.2) is 18.3 Å². The summed E-state index contributed by atoms with van der Waals surface area (Å²) in [5.74, 6) is -0.138. The molecule has 3 heterocycles. The fourth-order valence-electron chi connectivity index (χ4n) is 3.75. The minimum absolute atomic E-state index is 0.0619. The van der Waals surface area contributed by atoms with E-state index >= 15 is 0 Å². The summed E-state index contributed by atoms with van der Waals surface area (Å²) in [6.07, 6.45) is 7.87. The smallest absolute Gasteiger partial charge is 0.409 e. The van der Waals surface area contributed by atoms with Gasteiger partial charge < -0.3 is 19.9 Å². The molecule has 2 fully saturated rings. The molecule has 2 aliphatic heterocycles. The summed E-state index contributed by atoms with van der Waals surface area (Å²) in [7, 11) is 0. The molecule has 27 heavy (non-hydrogen) atoms. The summed E-state index contributed by atoms with van der Waals surface area (Å²) in [5, 5.41) is 3.07. The lowest BCUT2D eigenvalue weighted by atomic mass is 10.1. The topological polar surface area (TPSA) is 74.8 Å². The first-order valence-electron chi connectivity index (χ1n) is 10.1. The van der Waals surface area contributed by atoms with Gasteiger partial charge in [0.2, 0.25) is 0 Å². The largest absolute Gasteiger partial charge is 0.450 e. The molecule has 7 nitrogen and oxygen atoms in total. The number of ether oxygens (including phenoxy) is 1. The van der Waals surface area contributed by atoms with E-state index in [1.54, 1.807) is 18.0 Å². The van der Waals surface area contributed by atoms with Crippen LogP contribution in [-0.2, 0) is 4.74 Å². The molecule has 0 aromatic carbocycles. The van der Waals surface area contributed by atoms with Gasteiger partial charge in [0.25, 0.3) is 5.91 Å². The Balaban J connectivity index is 1.54. The third-order valence-electron chi connectivity index (χ3n) is 5.30. The summed E-state index contributed by atoms with van der Waals surface area (Å²) < 4.78 is 5.03. The first-order chi connectivity index (χ1) is 13.2. The second-order valence-corrected chi connectivity index (χ2v) is 7.23. The van der Waals surface area contributed by atoms with Crippen LogP contribution in [0.25, 0.3) is 0 Å².